The molecule has 0 unspecified atom stereocenters. The van der Waals surface area contributed by atoms with Crippen molar-refractivity contribution in [1.29, 1.82) is 0 Å². The molecule has 0 atom stereocenters. The van der Waals surface area contributed by atoms with E-state index in [0.29, 0.717) is 5.95 Å². The lowest BCUT2D eigenvalue weighted by molar-refractivity contribution is 1.01. The van der Waals surface area contributed by atoms with Crippen LogP contribution in [0.2, 0.25) is 0 Å². The van der Waals surface area contributed by atoms with Crippen LogP contribution in [0.15, 0.2) is 164 Å². The molecule has 2 aromatic heterocycles. The van der Waals surface area contributed by atoms with E-state index >= 15 is 0 Å². The normalized spacial score (nSPS) is 11.6. The first-order valence-electron chi connectivity index (χ1n) is 15.3. The quantitative estimate of drug-likeness (QED) is 0.210. The molecule has 0 N–H and O–H groups in total. The maximum Gasteiger partial charge on any atom is 0.235 e. The van der Waals surface area contributed by atoms with Gasteiger partial charge in [-0.15, -0.1) is 0 Å². The second-order valence-electron chi connectivity index (χ2n) is 11.4. The molecule has 45 heavy (non-hydrogen) atoms. The third-order valence-electron chi connectivity index (χ3n) is 8.82. The molecular weight excluding hydrogens is 546 g/mol. The lowest BCUT2D eigenvalue weighted by Gasteiger charge is -2.14. The van der Waals surface area contributed by atoms with Crippen LogP contribution < -0.4 is 0 Å². The molecule has 0 aliphatic carbocycles. The number of benzene rings is 7. The van der Waals surface area contributed by atoms with Crippen LogP contribution in [0.25, 0.3) is 82.9 Å². The second kappa shape index (κ2) is 10.3. The summed E-state index contributed by atoms with van der Waals surface area (Å²) in [6, 6.07) is 57.8. The minimum absolute atomic E-state index is 0.662. The number of fused-ring (bicyclic) bond motifs is 6. The van der Waals surface area contributed by atoms with Crippen LogP contribution in [0.4, 0.5) is 0 Å². The molecule has 7 aromatic carbocycles. The maximum absolute atomic E-state index is 5.38. The highest BCUT2D eigenvalue weighted by atomic mass is 15.2. The molecule has 3 nitrogen and oxygen atoms in total. The van der Waals surface area contributed by atoms with Crippen LogP contribution in [-0.2, 0) is 0 Å². The minimum Gasteiger partial charge on any atom is -0.277 e. The Bertz CT molecular complexity index is 2510. The molecule has 0 aliphatic heterocycles. The highest BCUT2D eigenvalue weighted by Crippen LogP contribution is 2.41. The summed E-state index contributed by atoms with van der Waals surface area (Å²) in [5.74, 6) is 0.662. The average molecular weight is 574 g/mol. The third kappa shape index (κ3) is 4.13. The van der Waals surface area contributed by atoms with Crippen LogP contribution in [-0.4, -0.2) is 14.5 Å². The van der Waals surface area contributed by atoms with E-state index in [-0.39, 0.29) is 0 Å². The molecular formula is C42H27N3. The van der Waals surface area contributed by atoms with E-state index in [1.807, 2.05) is 6.07 Å². The Morgan fingerprint density at radius 1 is 0.400 bits per heavy atom. The van der Waals surface area contributed by atoms with Crippen molar-refractivity contribution in [3.63, 3.8) is 0 Å². The Morgan fingerprint density at radius 2 is 1.02 bits per heavy atom. The summed E-state index contributed by atoms with van der Waals surface area (Å²) in [5.41, 5.74) is 9.78. The second-order valence-corrected chi connectivity index (χ2v) is 11.4. The first kappa shape index (κ1) is 25.4. The van der Waals surface area contributed by atoms with Crippen molar-refractivity contribution in [2.24, 2.45) is 0 Å². The van der Waals surface area contributed by atoms with Gasteiger partial charge in [-0.2, -0.15) is 0 Å². The summed E-state index contributed by atoms with van der Waals surface area (Å²) >= 11 is 0. The molecule has 0 saturated carbocycles. The van der Waals surface area contributed by atoms with E-state index in [2.05, 4.69) is 162 Å². The first-order valence-corrected chi connectivity index (χ1v) is 15.3. The predicted octanol–water partition coefficient (Wildman–Crippen LogP) is 10.9. The van der Waals surface area contributed by atoms with Crippen LogP contribution >= 0.6 is 0 Å². The van der Waals surface area contributed by atoms with Gasteiger partial charge in [-0.05, 0) is 39.6 Å². The van der Waals surface area contributed by atoms with Gasteiger partial charge in [0.25, 0.3) is 0 Å². The van der Waals surface area contributed by atoms with Gasteiger partial charge < -0.3 is 0 Å². The van der Waals surface area contributed by atoms with Crippen LogP contribution in [0.1, 0.15) is 0 Å². The van der Waals surface area contributed by atoms with Crippen molar-refractivity contribution < 1.29 is 0 Å². The molecule has 2 heterocycles. The zero-order valence-corrected chi connectivity index (χ0v) is 24.4. The van der Waals surface area contributed by atoms with Gasteiger partial charge >= 0.3 is 0 Å². The Kier molecular flexibility index (Phi) is 5.82. The van der Waals surface area contributed by atoms with E-state index in [9.17, 15) is 0 Å². The molecule has 0 amide bonds. The molecule has 0 fully saturated rings. The number of para-hydroxylation sites is 2. The lowest BCUT2D eigenvalue weighted by Crippen LogP contribution is -2.04. The summed E-state index contributed by atoms with van der Waals surface area (Å²) in [7, 11) is 0. The molecule has 0 bridgehead atoms. The van der Waals surface area contributed by atoms with Gasteiger partial charge in [0.05, 0.1) is 22.2 Å². The lowest BCUT2D eigenvalue weighted by atomic mass is 10.00. The van der Waals surface area contributed by atoms with Crippen molar-refractivity contribution in [3.8, 4) is 39.5 Å². The predicted molar refractivity (Wildman–Crippen MR) is 188 cm³/mol. The van der Waals surface area contributed by atoms with Crippen LogP contribution in [0.3, 0.4) is 0 Å². The fraction of sp³-hybridized carbons (Fsp3) is 0. The van der Waals surface area contributed by atoms with E-state index in [1.54, 1.807) is 0 Å². The summed E-state index contributed by atoms with van der Waals surface area (Å²) in [6.45, 7) is 0. The van der Waals surface area contributed by atoms with Crippen LogP contribution in [0.5, 0.6) is 0 Å². The zero-order valence-electron chi connectivity index (χ0n) is 24.4. The summed E-state index contributed by atoms with van der Waals surface area (Å²) < 4.78 is 2.27. The third-order valence-corrected chi connectivity index (χ3v) is 8.82. The Labute approximate surface area is 260 Å². The van der Waals surface area contributed by atoms with Gasteiger partial charge in [0.2, 0.25) is 5.95 Å². The van der Waals surface area contributed by atoms with Gasteiger partial charge in [-0.25, -0.2) is 9.97 Å². The van der Waals surface area contributed by atoms with Crippen molar-refractivity contribution in [2.75, 3.05) is 0 Å². The van der Waals surface area contributed by atoms with Crippen molar-refractivity contribution >= 4 is 43.5 Å². The Hall–Kier alpha value is -6.06. The van der Waals surface area contributed by atoms with Crippen LogP contribution in [0, 0.1) is 0 Å². The van der Waals surface area contributed by atoms with Gasteiger partial charge in [-0.3, -0.25) is 4.57 Å². The number of hydrogen-bond donors (Lipinski definition) is 0. The largest absolute Gasteiger partial charge is 0.277 e. The number of nitrogens with zero attached hydrogens (tertiary/aromatic N) is 3. The van der Waals surface area contributed by atoms with Gasteiger partial charge in [0.1, 0.15) is 0 Å². The Balaban J connectivity index is 1.36. The van der Waals surface area contributed by atoms with E-state index in [0.717, 1.165) is 44.3 Å². The highest BCUT2D eigenvalue weighted by Gasteiger charge is 2.21. The number of rotatable bonds is 4. The zero-order chi connectivity index (χ0) is 29.7. The van der Waals surface area contributed by atoms with E-state index < -0.39 is 0 Å². The summed E-state index contributed by atoms with van der Waals surface area (Å²) in [4.78, 5) is 10.6. The standard InChI is InChI=1S/C42H27N3/c1-3-12-28(13-4-1)29-22-24-32(25-23-29)40-35-18-9-10-21-37(35)43-42(44-40)45-38-27-26-31-16-7-8-17-33(31)39(38)36-20-11-19-34(41(36)45)30-14-5-2-6-15-30/h1-27H. The molecule has 0 saturated heterocycles. The summed E-state index contributed by atoms with van der Waals surface area (Å²) in [6.07, 6.45) is 0. The molecule has 0 radical (unpaired) electrons. The molecule has 9 rings (SSSR count). The number of hydrogen-bond acceptors (Lipinski definition) is 2. The topological polar surface area (TPSA) is 30.7 Å². The first-order chi connectivity index (χ1) is 22.3. The Morgan fingerprint density at radius 3 is 1.82 bits per heavy atom. The number of aromatic nitrogens is 3. The fourth-order valence-corrected chi connectivity index (χ4v) is 6.73. The molecule has 0 aliphatic rings. The van der Waals surface area contributed by atoms with Crippen molar-refractivity contribution in [2.45, 2.75) is 0 Å². The van der Waals surface area contributed by atoms with Crippen molar-refractivity contribution in [1.82, 2.24) is 14.5 Å². The molecule has 210 valence electrons. The molecule has 3 heteroatoms. The average Bonchev–Trinajstić information content (AvgIpc) is 3.47. The fourth-order valence-electron chi connectivity index (χ4n) is 6.73. The minimum atomic E-state index is 0.662. The van der Waals surface area contributed by atoms with E-state index in [4.69, 9.17) is 9.97 Å². The van der Waals surface area contributed by atoms with Gasteiger partial charge in [0.15, 0.2) is 0 Å². The molecule has 9 aromatic rings. The SMILES string of the molecule is c1ccc(-c2ccc(-c3nc(-n4c5ccc6ccccc6c5c5cccc(-c6ccccc6)c54)nc4ccccc34)cc2)cc1. The van der Waals surface area contributed by atoms with Gasteiger partial charge in [0, 0.05) is 27.3 Å². The summed E-state index contributed by atoms with van der Waals surface area (Å²) in [5, 5.41) is 5.87. The van der Waals surface area contributed by atoms with E-state index in [1.165, 1.54) is 32.7 Å². The smallest absolute Gasteiger partial charge is 0.235 e. The molecule has 0 spiro atoms. The maximum atomic E-state index is 5.38. The van der Waals surface area contributed by atoms with Gasteiger partial charge in [-0.1, -0.05) is 152 Å². The monoisotopic (exact) mass is 573 g/mol. The van der Waals surface area contributed by atoms with Crippen molar-refractivity contribution in [3.05, 3.63) is 164 Å². The highest BCUT2D eigenvalue weighted by molar-refractivity contribution is 6.23.